The summed E-state index contributed by atoms with van der Waals surface area (Å²) in [6.45, 7) is 7.55. The topological polar surface area (TPSA) is 129 Å². The van der Waals surface area contributed by atoms with Crippen LogP contribution in [0.25, 0.3) is 0 Å². The minimum atomic E-state index is -1.29. The zero-order valence-corrected chi connectivity index (χ0v) is 26.2. The van der Waals surface area contributed by atoms with E-state index in [1.165, 1.54) is 44.7 Å². The Kier molecular flexibility index (Phi) is 12.3. The van der Waals surface area contributed by atoms with Crippen molar-refractivity contribution < 1.29 is 28.6 Å². The number of carbonyl (C=O) groups excluding carboxylic acids is 1. The highest BCUT2D eigenvalue weighted by atomic mass is 19.1. The summed E-state index contributed by atoms with van der Waals surface area (Å²) >= 11 is 0. The number of nitrogens with zero attached hydrogens (tertiary/aromatic N) is 4. The fraction of sp³-hybridized carbons (Fsp3) is 0.455. The van der Waals surface area contributed by atoms with Crippen molar-refractivity contribution in [3.05, 3.63) is 60.0 Å². The van der Waals surface area contributed by atoms with E-state index >= 15 is 0 Å². The largest absolute Gasteiger partial charge is 0.495 e. The number of aryl methyl sites for hydroxylation is 1. The number of aromatic nitrogens is 2. The van der Waals surface area contributed by atoms with Gasteiger partial charge in [-0.3, -0.25) is 4.79 Å². The van der Waals surface area contributed by atoms with E-state index < -0.39 is 11.9 Å². The van der Waals surface area contributed by atoms with Gasteiger partial charge in [-0.15, -0.1) is 0 Å². The molecule has 0 saturated carbocycles. The van der Waals surface area contributed by atoms with E-state index in [1.54, 1.807) is 30.3 Å². The fourth-order valence-corrected chi connectivity index (χ4v) is 5.11. The van der Waals surface area contributed by atoms with Gasteiger partial charge < -0.3 is 30.1 Å². The van der Waals surface area contributed by atoms with Crippen LogP contribution in [0.1, 0.15) is 57.9 Å². The second-order valence-electron chi connectivity index (χ2n) is 11.1. The number of carboxylic acid groups (broad SMARTS) is 1. The molecule has 4 rings (SSSR count). The molecular formula is C33H43FN6O5. The van der Waals surface area contributed by atoms with Crippen LogP contribution in [-0.4, -0.2) is 71.4 Å². The molecule has 0 bridgehead atoms. The van der Waals surface area contributed by atoms with Crippen LogP contribution in [-0.2, 0) is 11.2 Å². The Hall–Kier alpha value is -4.45. The van der Waals surface area contributed by atoms with Crippen molar-refractivity contribution in [2.24, 2.45) is 0 Å². The third kappa shape index (κ3) is 9.77. The molecule has 12 heteroatoms. The lowest BCUT2D eigenvalue weighted by Gasteiger charge is -2.26. The molecule has 1 unspecified atom stereocenters. The molecule has 0 aliphatic carbocycles. The average Bonchev–Trinajstić information content (AvgIpc) is 3.04. The third-order valence-corrected chi connectivity index (χ3v) is 7.72. The molecule has 3 N–H and O–H groups in total. The number of benzene rings is 2. The first-order valence-electron chi connectivity index (χ1n) is 15.5. The van der Waals surface area contributed by atoms with E-state index in [4.69, 9.17) is 9.47 Å². The van der Waals surface area contributed by atoms with Crippen LogP contribution < -0.4 is 25.0 Å². The lowest BCUT2D eigenvalue weighted by atomic mass is 10.1. The highest BCUT2D eigenvalue weighted by molar-refractivity contribution is 5.95. The Labute approximate surface area is 263 Å². The maximum Gasteiger partial charge on any atom is 0.417 e. The van der Waals surface area contributed by atoms with Gasteiger partial charge in [-0.05, 0) is 81.9 Å². The van der Waals surface area contributed by atoms with Crippen LogP contribution in [0, 0.1) is 5.82 Å². The number of amides is 2. The molecule has 1 atom stereocenters. The molecule has 1 aliphatic rings. The number of methoxy groups -OCH3 is 1. The molecular weight excluding hydrogens is 579 g/mol. The molecule has 1 fully saturated rings. The molecule has 1 saturated heterocycles. The Bertz CT molecular complexity index is 1430. The zero-order valence-electron chi connectivity index (χ0n) is 26.2. The quantitative estimate of drug-likeness (QED) is 0.168. The van der Waals surface area contributed by atoms with E-state index in [0.717, 1.165) is 42.9 Å². The Morgan fingerprint density at radius 1 is 1.11 bits per heavy atom. The number of halogens is 1. The molecule has 242 valence electrons. The number of hydrogen-bond donors (Lipinski definition) is 3. The van der Waals surface area contributed by atoms with Crippen molar-refractivity contribution in [1.82, 2.24) is 20.2 Å². The third-order valence-electron chi connectivity index (χ3n) is 7.72. The SMILES string of the molecule is CCC(C)NC(=O)CCc1ccc(N(C(=O)O)c2ccnc(Nc3ccc(OCCCN4CCCCC4)c(F)c3)n2)c(OC)c1. The van der Waals surface area contributed by atoms with E-state index in [0.29, 0.717) is 30.9 Å². The number of likely N-dealkylation sites (tertiary alicyclic amines) is 1. The molecule has 0 spiro atoms. The van der Waals surface area contributed by atoms with Crippen LogP contribution >= 0.6 is 0 Å². The van der Waals surface area contributed by atoms with Gasteiger partial charge in [-0.25, -0.2) is 19.1 Å². The van der Waals surface area contributed by atoms with E-state index in [-0.39, 0.29) is 35.2 Å². The lowest BCUT2D eigenvalue weighted by molar-refractivity contribution is -0.121. The number of hydrogen-bond acceptors (Lipinski definition) is 8. The van der Waals surface area contributed by atoms with Crippen molar-refractivity contribution in [3.8, 4) is 11.5 Å². The second-order valence-corrected chi connectivity index (χ2v) is 11.1. The summed E-state index contributed by atoms with van der Waals surface area (Å²) in [5, 5.41) is 16.0. The molecule has 1 aliphatic heterocycles. The number of piperidine rings is 1. The number of carbonyl (C=O) groups is 2. The number of rotatable bonds is 15. The molecule has 2 amide bonds. The van der Waals surface area contributed by atoms with Crippen molar-refractivity contribution in [2.45, 2.75) is 64.8 Å². The first-order chi connectivity index (χ1) is 21.8. The summed E-state index contributed by atoms with van der Waals surface area (Å²) in [4.78, 5) is 36.6. The monoisotopic (exact) mass is 622 g/mol. The molecule has 11 nitrogen and oxygen atoms in total. The van der Waals surface area contributed by atoms with Gasteiger partial charge in [-0.2, -0.15) is 4.98 Å². The van der Waals surface area contributed by atoms with Gasteiger partial charge in [0.25, 0.3) is 0 Å². The van der Waals surface area contributed by atoms with Crippen molar-refractivity contribution in [3.63, 3.8) is 0 Å². The summed E-state index contributed by atoms with van der Waals surface area (Å²) in [7, 11) is 1.45. The van der Waals surface area contributed by atoms with E-state index in [2.05, 4.69) is 25.5 Å². The Morgan fingerprint density at radius 2 is 1.91 bits per heavy atom. The highest BCUT2D eigenvalue weighted by Crippen LogP contribution is 2.35. The van der Waals surface area contributed by atoms with Crippen LogP contribution in [0.3, 0.4) is 0 Å². The standard InChI is InChI=1S/C33H43FN6O5/c1-4-23(2)36-31(41)14-10-24-9-12-27(29(21-24)44-3)40(33(42)43)30-15-16-35-32(38-30)37-25-11-13-28(26(34)22-25)45-20-8-19-39-17-6-5-7-18-39/h9,11-13,15-16,21-23H,4-8,10,14,17-20H2,1-3H3,(H,36,41)(H,42,43)(H,35,37,38). The van der Waals surface area contributed by atoms with Crippen molar-refractivity contribution >= 4 is 35.1 Å². The van der Waals surface area contributed by atoms with Gasteiger partial charge in [0.05, 0.1) is 19.4 Å². The zero-order chi connectivity index (χ0) is 32.2. The predicted molar refractivity (Wildman–Crippen MR) is 171 cm³/mol. The van der Waals surface area contributed by atoms with Gasteiger partial charge in [-0.1, -0.05) is 19.4 Å². The van der Waals surface area contributed by atoms with Crippen LogP contribution in [0.2, 0.25) is 0 Å². The molecule has 1 aromatic heterocycles. The Balaban J connectivity index is 1.41. The number of ether oxygens (including phenoxy) is 2. The number of nitrogens with one attached hydrogen (secondary N) is 2. The van der Waals surface area contributed by atoms with Crippen LogP contribution in [0.15, 0.2) is 48.7 Å². The van der Waals surface area contributed by atoms with Crippen molar-refractivity contribution in [1.29, 1.82) is 0 Å². The van der Waals surface area contributed by atoms with Crippen LogP contribution in [0.5, 0.6) is 11.5 Å². The molecule has 2 aromatic carbocycles. The van der Waals surface area contributed by atoms with Gasteiger partial charge in [0, 0.05) is 43.0 Å². The van der Waals surface area contributed by atoms with Crippen LogP contribution in [0.4, 0.5) is 32.3 Å². The first kappa shape index (κ1) is 33.4. The van der Waals surface area contributed by atoms with E-state index in [9.17, 15) is 19.1 Å². The summed E-state index contributed by atoms with van der Waals surface area (Å²) in [6, 6.07) is 11.1. The first-order valence-corrected chi connectivity index (χ1v) is 15.5. The van der Waals surface area contributed by atoms with E-state index in [1.807, 2.05) is 13.8 Å². The average molecular weight is 623 g/mol. The van der Waals surface area contributed by atoms with Gasteiger partial charge in [0.2, 0.25) is 11.9 Å². The summed E-state index contributed by atoms with van der Waals surface area (Å²) in [5.41, 5.74) is 1.45. The molecule has 3 aromatic rings. The van der Waals surface area contributed by atoms with Gasteiger partial charge in [0.1, 0.15) is 11.6 Å². The smallest absolute Gasteiger partial charge is 0.417 e. The summed E-state index contributed by atoms with van der Waals surface area (Å²) < 4.78 is 26.0. The number of anilines is 4. The van der Waals surface area contributed by atoms with Gasteiger partial charge in [0.15, 0.2) is 11.6 Å². The molecule has 2 heterocycles. The summed E-state index contributed by atoms with van der Waals surface area (Å²) in [5.74, 6) is 0.0373. The molecule has 45 heavy (non-hydrogen) atoms. The normalized spacial score (nSPS) is 14.0. The highest BCUT2D eigenvalue weighted by Gasteiger charge is 2.23. The Morgan fingerprint density at radius 3 is 2.62 bits per heavy atom. The summed E-state index contributed by atoms with van der Waals surface area (Å²) in [6.07, 6.45) is 6.30. The minimum Gasteiger partial charge on any atom is -0.495 e. The maximum atomic E-state index is 14.8. The van der Waals surface area contributed by atoms with Crippen molar-refractivity contribution in [2.75, 3.05) is 43.6 Å². The second kappa shape index (κ2) is 16.6. The minimum absolute atomic E-state index is 0.0501. The predicted octanol–water partition coefficient (Wildman–Crippen LogP) is 6.29. The lowest BCUT2D eigenvalue weighted by Crippen LogP contribution is -2.32. The fourth-order valence-electron chi connectivity index (χ4n) is 5.11. The molecule has 0 radical (unpaired) electrons. The van der Waals surface area contributed by atoms with Gasteiger partial charge >= 0.3 is 6.09 Å². The maximum absolute atomic E-state index is 14.8.